The summed E-state index contributed by atoms with van der Waals surface area (Å²) in [5.74, 6) is 0.534. The molecule has 0 radical (unpaired) electrons. The number of carbonyl (C=O) groups excluding carboxylic acids is 1. The molecule has 0 bridgehead atoms. The number of carboxylic acid groups (broad SMARTS) is 1. The second-order valence-electron chi connectivity index (χ2n) is 4.02. The number of nitrogens with one attached hydrogen (secondary N) is 1. The van der Waals surface area contributed by atoms with E-state index in [2.05, 4.69) is 12.2 Å². The van der Waals surface area contributed by atoms with Crippen molar-refractivity contribution in [1.29, 1.82) is 0 Å². The summed E-state index contributed by atoms with van der Waals surface area (Å²) in [6, 6.07) is 0. The molecule has 80 valence electrons. The Morgan fingerprint density at radius 2 is 2.07 bits per heavy atom. The SMILES string of the molecule is CC1CC1CNC(=O)CCCC(=O)O. The minimum atomic E-state index is -0.839. The molecule has 1 saturated carbocycles. The van der Waals surface area contributed by atoms with E-state index in [0.717, 1.165) is 12.5 Å². The lowest BCUT2D eigenvalue weighted by Crippen LogP contribution is -2.25. The molecule has 1 aliphatic rings. The molecule has 0 aliphatic heterocycles. The Balaban J connectivity index is 1.96. The highest BCUT2D eigenvalue weighted by Crippen LogP contribution is 2.36. The molecule has 1 amide bonds. The molecule has 0 aromatic rings. The van der Waals surface area contributed by atoms with Crippen molar-refractivity contribution in [2.45, 2.75) is 32.6 Å². The predicted molar refractivity (Wildman–Crippen MR) is 51.8 cm³/mol. The van der Waals surface area contributed by atoms with E-state index in [4.69, 9.17) is 5.11 Å². The number of hydrogen-bond donors (Lipinski definition) is 2. The normalized spacial score (nSPS) is 24.4. The van der Waals surface area contributed by atoms with Crippen LogP contribution in [-0.4, -0.2) is 23.5 Å². The van der Waals surface area contributed by atoms with Crippen LogP contribution in [0.15, 0.2) is 0 Å². The number of rotatable bonds is 6. The van der Waals surface area contributed by atoms with Gasteiger partial charge in [-0.25, -0.2) is 0 Å². The zero-order valence-electron chi connectivity index (χ0n) is 8.45. The van der Waals surface area contributed by atoms with Crippen LogP contribution in [0.5, 0.6) is 0 Å². The molecule has 0 aromatic carbocycles. The Hall–Kier alpha value is -1.06. The van der Waals surface area contributed by atoms with E-state index in [0.29, 0.717) is 18.8 Å². The van der Waals surface area contributed by atoms with Gasteiger partial charge >= 0.3 is 5.97 Å². The van der Waals surface area contributed by atoms with E-state index in [1.807, 2.05) is 0 Å². The molecule has 2 atom stereocenters. The molecule has 14 heavy (non-hydrogen) atoms. The first-order chi connectivity index (χ1) is 6.59. The fraction of sp³-hybridized carbons (Fsp3) is 0.800. The number of amides is 1. The highest BCUT2D eigenvalue weighted by Gasteiger charge is 2.32. The van der Waals surface area contributed by atoms with Gasteiger partial charge in [0.2, 0.25) is 5.91 Å². The van der Waals surface area contributed by atoms with E-state index in [9.17, 15) is 9.59 Å². The van der Waals surface area contributed by atoms with Gasteiger partial charge in [-0.15, -0.1) is 0 Å². The Morgan fingerprint density at radius 3 is 2.57 bits per heavy atom. The molecule has 0 heterocycles. The number of carboxylic acids is 1. The average Bonchev–Trinajstić information content (AvgIpc) is 2.78. The molecule has 1 fully saturated rings. The van der Waals surface area contributed by atoms with Crippen molar-refractivity contribution >= 4 is 11.9 Å². The zero-order valence-corrected chi connectivity index (χ0v) is 8.45. The Bertz CT molecular complexity index is 227. The maximum Gasteiger partial charge on any atom is 0.303 e. The van der Waals surface area contributed by atoms with Crippen LogP contribution in [0.25, 0.3) is 0 Å². The van der Waals surface area contributed by atoms with Crippen LogP contribution in [0, 0.1) is 11.8 Å². The van der Waals surface area contributed by atoms with E-state index >= 15 is 0 Å². The van der Waals surface area contributed by atoms with Crippen molar-refractivity contribution in [2.75, 3.05) is 6.54 Å². The monoisotopic (exact) mass is 199 g/mol. The Kier molecular flexibility index (Phi) is 3.92. The van der Waals surface area contributed by atoms with Gasteiger partial charge in [0.05, 0.1) is 0 Å². The minimum absolute atomic E-state index is 0.0228. The van der Waals surface area contributed by atoms with Gasteiger partial charge in [0.1, 0.15) is 0 Å². The molecule has 1 aliphatic carbocycles. The van der Waals surface area contributed by atoms with Gasteiger partial charge in [0, 0.05) is 19.4 Å². The topological polar surface area (TPSA) is 66.4 Å². The van der Waals surface area contributed by atoms with E-state index in [-0.39, 0.29) is 12.3 Å². The van der Waals surface area contributed by atoms with Crippen LogP contribution in [0.3, 0.4) is 0 Å². The third-order valence-corrected chi connectivity index (χ3v) is 2.63. The fourth-order valence-corrected chi connectivity index (χ4v) is 1.42. The number of hydrogen-bond acceptors (Lipinski definition) is 2. The molecule has 0 saturated heterocycles. The lowest BCUT2D eigenvalue weighted by molar-refractivity contribution is -0.137. The average molecular weight is 199 g/mol. The van der Waals surface area contributed by atoms with Gasteiger partial charge in [-0.05, 0) is 24.7 Å². The molecule has 2 unspecified atom stereocenters. The quantitative estimate of drug-likeness (QED) is 0.671. The van der Waals surface area contributed by atoms with E-state index in [1.165, 1.54) is 6.42 Å². The van der Waals surface area contributed by atoms with Crippen molar-refractivity contribution in [3.05, 3.63) is 0 Å². The van der Waals surface area contributed by atoms with Crippen LogP contribution in [0.4, 0.5) is 0 Å². The molecular formula is C10H17NO3. The van der Waals surface area contributed by atoms with Crippen molar-refractivity contribution < 1.29 is 14.7 Å². The summed E-state index contributed by atoms with van der Waals surface area (Å²) in [6.45, 7) is 2.92. The van der Waals surface area contributed by atoms with Crippen molar-refractivity contribution in [3.63, 3.8) is 0 Å². The van der Waals surface area contributed by atoms with Crippen LogP contribution in [0.1, 0.15) is 32.6 Å². The van der Waals surface area contributed by atoms with Crippen LogP contribution < -0.4 is 5.32 Å². The maximum absolute atomic E-state index is 11.2. The largest absolute Gasteiger partial charge is 0.481 e. The molecule has 1 rings (SSSR count). The molecule has 0 spiro atoms. The van der Waals surface area contributed by atoms with Gasteiger partial charge in [-0.3, -0.25) is 9.59 Å². The summed E-state index contributed by atoms with van der Waals surface area (Å²) >= 11 is 0. The van der Waals surface area contributed by atoms with E-state index in [1.54, 1.807) is 0 Å². The van der Waals surface area contributed by atoms with Gasteiger partial charge in [0.25, 0.3) is 0 Å². The van der Waals surface area contributed by atoms with Crippen molar-refractivity contribution in [2.24, 2.45) is 11.8 Å². The molecular weight excluding hydrogens is 182 g/mol. The van der Waals surface area contributed by atoms with Crippen molar-refractivity contribution in [1.82, 2.24) is 5.32 Å². The highest BCUT2D eigenvalue weighted by atomic mass is 16.4. The fourth-order valence-electron chi connectivity index (χ4n) is 1.42. The second kappa shape index (κ2) is 4.98. The minimum Gasteiger partial charge on any atom is -0.481 e. The molecule has 0 aromatic heterocycles. The standard InChI is InChI=1S/C10H17NO3/c1-7-5-8(7)6-11-9(12)3-2-4-10(13)14/h7-8H,2-6H2,1H3,(H,11,12)(H,13,14). The summed E-state index contributed by atoms with van der Waals surface area (Å²) < 4.78 is 0. The van der Waals surface area contributed by atoms with Gasteiger partial charge < -0.3 is 10.4 Å². The van der Waals surface area contributed by atoms with Crippen LogP contribution in [-0.2, 0) is 9.59 Å². The lowest BCUT2D eigenvalue weighted by Gasteiger charge is -2.02. The van der Waals surface area contributed by atoms with Gasteiger partial charge in [0.15, 0.2) is 0 Å². The first-order valence-corrected chi connectivity index (χ1v) is 5.08. The molecule has 4 nitrogen and oxygen atoms in total. The first-order valence-electron chi connectivity index (χ1n) is 5.08. The zero-order chi connectivity index (χ0) is 10.6. The van der Waals surface area contributed by atoms with Gasteiger partial charge in [-0.1, -0.05) is 6.92 Å². The smallest absolute Gasteiger partial charge is 0.303 e. The van der Waals surface area contributed by atoms with Crippen LogP contribution >= 0.6 is 0 Å². The number of aliphatic carboxylic acids is 1. The van der Waals surface area contributed by atoms with Crippen molar-refractivity contribution in [3.8, 4) is 0 Å². The third-order valence-electron chi connectivity index (χ3n) is 2.63. The highest BCUT2D eigenvalue weighted by molar-refractivity contribution is 5.76. The van der Waals surface area contributed by atoms with Crippen LogP contribution in [0.2, 0.25) is 0 Å². The number of carbonyl (C=O) groups is 2. The predicted octanol–water partition coefficient (Wildman–Crippen LogP) is 1.01. The Labute approximate surface area is 83.7 Å². The third kappa shape index (κ3) is 4.25. The summed E-state index contributed by atoms with van der Waals surface area (Å²) in [7, 11) is 0. The Morgan fingerprint density at radius 1 is 1.43 bits per heavy atom. The lowest BCUT2D eigenvalue weighted by atomic mass is 10.2. The van der Waals surface area contributed by atoms with Gasteiger partial charge in [-0.2, -0.15) is 0 Å². The summed E-state index contributed by atoms with van der Waals surface area (Å²) in [5, 5.41) is 11.2. The molecule has 4 heteroatoms. The second-order valence-corrected chi connectivity index (χ2v) is 4.02. The maximum atomic E-state index is 11.2. The van der Waals surface area contributed by atoms with E-state index < -0.39 is 5.97 Å². The summed E-state index contributed by atoms with van der Waals surface area (Å²) in [6.07, 6.45) is 2.04. The molecule has 2 N–H and O–H groups in total. The summed E-state index contributed by atoms with van der Waals surface area (Å²) in [4.78, 5) is 21.3. The summed E-state index contributed by atoms with van der Waals surface area (Å²) in [5.41, 5.74) is 0. The first kappa shape index (κ1) is 11.0.